The number of halogens is 2. The normalized spacial score (nSPS) is 18.8. The van der Waals surface area contributed by atoms with Gasteiger partial charge < -0.3 is 24.8 Å². The molecule has 126 valence electrons. The summed E-state index contributed by atoms with van der Waals surface area (Å²) in [7, 11) is 0. The largest absolute Gasteiger partial charge is 1.00 e. The molecular formula is C18H27Cl2NSiZr. The van der Waals surface area contributed by atoms with E-state index in [9.17, 15) is 0 Å². The Hall–Kier alpha value is 0.600. The van der Waals surface area contributed by atoms with E-state index in [1.807, 2.05) is 0 Å². The smallest absolute Gasteiger partial charge is 1.00 e. The van der Waals surface area contributed by atoms with Crippen molar-refractivity contribution in [3.05, 3.63) is 41.0 Å². The van der Waals surface area contributed by atoms with Crippen LogP contribution in [-0.2, 0) is 20.7 Å². The maximum atomic E-state index is 4.15. The fourth-order valence-corrected chi connectivity index (χ4v) is 19.7. The van der Waals surface area contributed by atoms with Crippen LogP contribution in [0.15, 0.2) is 29.8 Å². The zero-order chi connectivity index (χ0) is 15.2. The van der Waals surface area contributed by atoms with E-state index in [-0.39, 0.29) is 35.8 Å². The first-order valence-corrected chi connectivity index (χ1v) is 17.0. The molecule has 1 aromatic carbocycles. The minimum atomic E-state index is -1.69. The summed E-state index contributed by atoms with van der Waals surface area (Å²) >= 11 is -1.69. The Morgan fingerprint density at radius 2 is 1.70 bits per heavy atom. The number of allylic oxidation sites excluding steroid dienone is 1. The molecule has 0 heterocycles. The first-order valence-electron chi connectivity index (χ1n) is 8.13. The van der Waals surface area contributed by atoms with Gasteiger partial charge in [-0.1, -0.05) is 0 Å². The van der Waals surface area contributed by atoms with Gasteiger partial charge in [0.1, 0.15) is 0 Å². The SMILES string of the molecule is C[Si](C)=[Zr+2]([NH]C(C)(C)C)[CH]1C(C2CC2)=Cc2ccccc21.[Cl-].[Cl-]. The van der Waals surface area contributed by atoms with E-state index in [2.05, 4.69) is 67.5 Å². The molecule has 0 radical (unpaired) electrons. The van der Waals surface area contributed by atoms with Gasteiger partial charge in [-0.15, -0.1) is 0 Å². The fraction of sp³-hybridized carbons (Fsp3) is 0.556. The molecule has 0 amide bonds. The third-order valence-corrected chi connectivity index (χ3v) is 21.3. The van der Waals surface area contributed by atoms with Gasteiger partial charge in [0, 0.05) is 0 Å². The van der Waals surface area contributed by atoms with Crippen LogP contribution in [0.5, 0.6) is 0 Å². The van der Waals surface area contributed by atoms with E-state index >= 15 is 0 Å². The van der Waals surface area contributed by atoms with Gasteiger partial charge in [0.25, 0.3) is 0 Å². The molecule has 3 rings (SSSR count). The average molecular weight is 448 g/mol. The minimum absolute atomic E-state index is 0. The molecule has 1 fully saturated rings. The predicted octanol–water partition coefficient (Wildman–Crippen LogP) is -1.28. The number of hydrogen-bond donors (Lipinski definition) is 1. The maximum absolute atomic E-state index is 4.15. The molecule has 1 nitrogen and oxygen atoms in total. The van der Waals surface area contributed by atoms with Crippen molar-refractivity contribution >= 4 is 11.5 Å². The predicted molar refractivity (Wildman–Crippen MR) is 90.3 cm³/mol. The first-order chi connectivity index (χ1) is 9.87. The van der Waals surface area contributed by atoms with Gasteiger partial charge in [0.15, 0.2) is 0 Å². The van der Waals surface area contributed by atoms with Crippen LogP contribution in [0.25, 0.3) is 6.08 Å². The Morgan fingerprint density at radius 3 is 2.22 bits per heavy atom. The minimum Gasteiger partial charge on any atom is -1.00 e. The number of benzene rings is 1. The average Bonchev–Trinajstić information content (AvgIpc) is 3.16. The topological polar surface area (TPSA) is 12.0 Å². The van der Waals surface area contributed by atoms with Crippen molar-refractivity contribution in [3.63, 3.8) is 0 Å². The van der Waals surface area contributed by atoms with E-state index in [0.717, 1.165) is 9.54 Å². The van der Waals surface area contributed by atoms with Crippen LogP contribution in [0.4, 0.5) is 0 Å². The quantitative estimate of drug-likeness (QED) is 0.569. The molecular weight excluding hydrogens is 420 g/mol. The third-order valence-electron chi connectivity index (χ3n) is 4.35. The molecule has 0 aromatic heterocycles. The molecule has 2 aliphatic rings. The van der Waals surface area contributed by atoms with Gasteiger partial charge in [-0.25, -0.2) is 0 Å². The Kier molecular flexibility index (Phi) is 7.83. The molecule has 0 spiro atoms. The Bertz CT molecular complexity index is 626. The molecule has 1 N–H and O–H groups in total. The van der Waals surface area contributed by atoms with Gasteiger partial charge in [-0.05, 0) is 0 Å². The molecule has 1 unspecified atom stereocenters. The molecule has 1 atom stereocenters. The van der Waals surface area contributed by atoms with Crippen molar-refractivity contribution in [2.75, 3.05) is 0 Å². The van der Waals surface area contributed by atoms with Gasteiger partial charge in [0.2, 0.25) is 0 Å². The summed E-state index contributed by atoms with van der Waals surface area (Å²) in [4.78, 5) is 0. The van der Waals surface area contributed by atoms with Gasteiger partial charge in [0.05, 0.1) is 0 Å². The second-order valence-corrected chi connectivity index (χ2v) is 24.4. The summed E-state index contributed by atoms with van der Waals surface area (Å²) in [5, 5.41) is 0. The van der Waals surface area contributed by atoms with Crippen LogP contribution in [0.2, 0.25) is 13.1 Å². The van der Waals surface area contributed by atoms with Crippen molar-refractivity contribution in [1.29, 1.82) is 0 Å². The van der Waals surface area contributed by atoms with E-state index in [1.54, 1.807) is 11.1 Å². The second-order valence-electron chi connectivity index (χ2n) is 7.77. The molecule has 1 aromatic rings. The Balaban J connectivity index is 0.00000132. The van der Waals surface area contributed by atoms with Crippen molar-refractivity contribution < 1.29 is 45.5 Å². The molecule has 0 bridgehead atoms. The van der Waals surface area contributed by atoms with E-state index < -0.39 is 20.7 Å². The Morgan fingerprint density at radius 1 is 1.09 bits per heavy atom. The van der Waals surface area contributed by atoms with Crippen LogP contribution >= 0.6 is 0 Å². The van der Waals surface area contributed by atoms with Gasteiger partial charge >= 0.3 is 138 Å². The second kappa shape index (κ2) is 8.32. The fourth-order valence-electron chi connectivity index (χ4n) is 3.33. The maximum Gasteiger partial charge on any atom is -1.00 e. The summed E-state index contributed by atoms with van der Waals surface area (Å²) in [5.41, 5.74) is 5.01. The van der Waals surface area contributed by atoms with Gasteiger partial charge in [-0.3, -0.25) is 0 Å². The van der Waals surface area contributed by atoms with Crippen LogP contribution < -0.4 is 28.1 Å². The summed E-state index contributed by atoms with van der Waals surface area (Å²) in [5.74, 6) is 0.904. The number of rotatable bonds is 3. The zero-order valence-corrected chi connectivity index (χ0v) is 19.7. The van der Waals surface area contributed by atoms with Crippen LogP contribution in [-0.4, -0.2) is 11.0 Å². The van der Waals surface area contributed by atoms with E-state index in [0.29, 0.717) is 0 Å². The van der Waals surface area contributed by atoms with Gasteiger partial charge in [-0.2, -0.15) is 0 Å². The van der Waals surface area contributed by atoms with E-state index in [4.69, 9.17) is 0 Å². The molecule has 23 heavy (non-hydrogen) atoms. The van der Waals surface area contributed by atoms with Crippen molar-refractivity contribution in [1.82, 2.24) is 3.26 Å². The number of nitrogens with one attached hydrogen (secondary N) is 1. The van der Waals surface area contributed by atoms with Crippen molar-refractivity contribution in [3.8, 4) is 0 Å². The monoisotopic (exact) mass is 445 g/mol. The molecule has 2 aliphatic carbocycles. The zero-order valence-electron chi connectivity index (χ0n) is 14.7. The molecule has 1 saturated carbocycles. The summed E-state index contributed by atoms with van der Waals surface area (Å²) in [6.07, 6.45) is 5.41. The van der Waals surface area contributed by atoms with E-state index in [1.165, 1.54) is 18.4 Å². The number of fused-ring (bicyclic) bond motifs is 1. The van der Waals surface area contributed by atoms with Crippen LogP contribution in [0.3, 0.4) is 0 Å². The molecule has 5 heteroatoms. The summed E-state index contributed by atoms with van der Waals surface area (Å²) in [6, 6.07) is 9.17. The van der Waals surface area contributed by atoms with Crippen LogP contribution in [0, 0.1) is 5.92 Å². The molecule has 0 saturated heterocycles. The standard InChI is InChI=1S/C12H11.C4H10N.C2H6Si.2ClH.Zr/c1-2-4-11-8-12(9-5-6-9)7-10(11)3-1;1-4(2,3)5;1-3-2;;;/h1-4,7-9H,5-6H2;5H,1-3H3;1-2H3;2*1H;/q;-1;;;;+3/p-2. The van der Waals surface area contributed by atoms with Crippen molar-refractivity contribution in [2.24, 2.45) is 5.92 Å². The Labute approximate surface area is 162 Å². The molecule has 0 aliphatic heterocycles. The van der Waals surface area contributed by atoms with Crippen LogP contribution in [0.1, 0.15) is 48.4 Å². The summed E-state index contributed by atoms with van der Waals surface area (Å²) in [6.45, 7) is 12.1. The van der Waals surface area contributed by atoms with Crippen molar-refractivity contribution in [2.45, 2.75) is 55.9 Å². The number of hydrogen-bond acceptors (Lipinski definition) is 1. The summed E-state index contributed by atoms with van der Waals surface area (Å²) < 4.78 is 4.96. The third kappa shape index (κ3) is 5.05. The first kappa shape index (κ1) is 21.6.